The van der Waals surface area contributed by atoms with E-state index >= 15 is 0 Å². The van der Waals surface area contributed by atoms with Crippen molar-refractivity contribution in [1.29, 1.82) is 0 Å². The Hall–Kier alpha value is -0.280. The Morgan fingerprint density at radius 1 is 1.73 bits per heavy atom. The van der Waals surface area contributed by atoms with Crippen LogP contribution in [0.3, 0.4) is 0 Å². The molecule has 62 valence electrons. The van der Waals surface area contributed by atoms with E-state index in [1.165, 1.54) is 0 Å². The monoisotopic (exact) mass is 172 g/mol. The second-order valence-electron chi connectivity index (χ2n) is 3.13. The number of hydrogen-bond donors (Lipinski definition) is 1. The molecule has 1 saturated heterocycles. The van der Waals surface area contributed by atoms with Gasteiger partial charge in [0, 0.05) is 5.92 Å². The fourth-order valence-electron chi connectivity index (χ4n) is 1.34. The molecular weight excluding hydrogens is 158 g/mol. The van der Waals surface area contributed by atoms with Crippen LogP contribution in [-0.4, -0.2) is 23.9 Å². The molecule has 11 heavy (non-hydrogen) atoms. The first-order chi connectivity index (χ1) is 5.15. The molecule has 1 aliphatic rings. The number of carbonyl (C=O) groups is 1. The molecule has 1 fully saturated rings. The molecule has 0 aromatic heterocycles. The van der Waals surface area contributed by atoms with Crippen molar-refractivity contribution in [2.45, 2.75) is 20.3 Å². The molecule has 1 rings (SSSR count). The van der Waals surface area contributed by atoms with Crippen molar-refractivity contribution >= 4 is 23.0 Å². The van der Waals surface area contributed by atoms with Crippen LogP contribution in [0.5, 0.6) is 0 Å². The Morgan fingerprint density at radius 3 is 2.91 bits per heavy atom. The molecule has 1 heterocycles. The molecule has 0 aliphatic carbocycles. The number of carbonyl (C=O) groups excluding carboxylic acids is 1. The van der Waals surface area contributed by atoms with Gasteiger partial charge in [-0.3, -0.25) is 4.90 Å². The van der Waals surface area contributed by atoms with Gasteiger partial charge in [0.25, 0.3) is 0 Å². The van der Waals surface area contributed by atoms with Crippen molar-refractivity contribution in [2.24, 2.45) is 5.92 Å². The average molecular weight is 172 g/mol. The molecule has 2 nitrogen and oxygen atoms in total. The average Bonchev–Trinajstić information content (AvgIpc) is 1.97. The summed E-state index contributed by atoms with van der Waals surface area (Å²) in [6, 6.07) is 0. The Bertz CT molecular complexity index is 191. The van der Waals surface area contributed by atoms with Crippen LogP contribution in [0.1, 0.15) is 20.3 Å². The number of likely N-dealkylation sites (tertiary alicyclic amines) is 1. The fourth-order valence-corrected chi connectivity index (χ4v) is 1.60. The molecule has 0 saturated carbocycles. The van der Waals surface area contributed by atoms with Crippen molar-refractivity contribution in [2.75, 3.05) is 13.1 Å². The lowest BCUT2D eigenvalue weighted by Gasteiger charge is -2.24. The van der Waals surface area contributed by atoms with E-state index < -0.39 is 0 Å². The highest BCUT2D eigenvalue weighted by atomic mass is 32.1. The van der Waals surface area contributed by atoms with E-state index in [0.29, 0.717) is 18.2 Å². The van der Waals surface area contributed by atoms with Crippen molar-refractivity contribution < 1.29 is 9.69 Å². The molecule has 0 bridgehead atoms. The molecule has 3 heteroatoms. The SMILES string of the molecule is CC[NH+]1CC(=S)C(C)CC1=O. The van der Waals surface area contributed by atoms with Gasteiger partial charge in [0.15, 0.2) is 0 Å². The largest absolute Gasteiger partial charge is 0.312 e. The smallest absolute Gasteiger partial charge is 0.268 e. The van der Waals surface area contributed by atoms with Crippen molar-refractivity contribution in [3.8, 4) is 0 Å². The van der Waals surface area contributed by atoms with Crippen molar-refractivity contribution in [3.05, 3.63) is 0 Å². The first kappa shape index (κ1) is 8.81. The van der Waals surface area contributed by atoms with Gasteiger partial charge in [0.2, 0.25) is 0 Å². The maximum absolute atomic E-state index is 11.3. The van der Waals surface area contributed by atoms with E-state index in [1.807, 2.05) is 13.8 Å². The molecule has 2 unspecified atom stereocenters. The van der Waals surface area contributed by atoms with Gasteiger partial charge in [-0.05, 0) is 6.92 Å². The minimum atomic E-state index is 0.327. The van der Waals surface area contributed by atoms with Gasteiger partial charge in [-0.2, -0.15) is 0 Å². The third kappa shape index (κ3) is 1.84. The maximum atomic E-state index is 11.3. The van der Waals surface area contributed by atoms with Gasteiger partial charge < -0.3 is 0 Å². The van der Waals surface area contributed by atoms with Crippen LogP contribution in [0.25, 0.3) is 0 Å². The molecule has 0 aromatic rings. The van der Waals surface area contributed by atoms with Gasteiger partial charge in [-0.25, -0.2) is 4.79 Å². The zero-order valence-electron chi connectivity index (χ0n) is 7.02. The third-order valence-corrected chi connectivity index (χ3v) is 2.80. The minimum Gasteiger partial charge on any atom is -0.268 e. The Morgan fingerprint density at radius 2 is 2.36 bits per heavy atom. The zero-order valence-corrected chi connectivity index (χ0v) is 7.83. The summed E-state index contributed by atoms with van der Waals surface area (Å²) in [5, 5.41) is 0. The summed E-state index contributed by atoms with van der Waals surface area (Å²) >= 11 is 5.15. The van der Waals surface area contributed by atoms with Crippen molar-refractivity contribution in [1.82, 2.24) is 0 Å². The number of nitrogens with one attached hydrogen (secondary N) is 1. The van der Waals surface area contributed by atoms with E-state index in [9.17, 15) is 4.79 Å². The first-order valence-corrected chi connectivity index (χ1v) is 4.46. The van der Waals surface area contributed by atoms with E-state index in [4.69, 9.17) is 12.2 Å². The second kappa shape index (κ2) is 3.41. The molecule has 2 atom stereocenters. The molecular formula is C8H14NOS+. The number of quaternary nitrogens is 1. The van der Waals surface area contributed by atoms with Gasteiger partial charge in [0.05, 0.1) is 17.8 Å². The summed E-state index contributed by atoms with van der Waals surface area (Å²) in [6.07, 6.45) is 0.641. The van der Waals surface area contributed by atoms with E-state index in [-0.39, 0.29) is 0 Å². The fraction of sp³-hybridized carbons (Fsp3) is 0.750. The Labute approximate surface area is 72.6 Å². The van der Waals surface area contributed by atoms with Gasteiger partial charge in [-0.1, -0.05) is 19.1 Å². The predicted molar refractivity (Wildman–Crippen MR) is 47.8 cm³/mol. The predicted octanol–water partition coefficient (Wildman–Crippen LogP) is -0.173. The van der Waals surface area contributed by atoms with Crippen LogP contribution < -0.4 is 4.90 Å². The van der Waals surface area contributed by atoms with Crippen LogP contribution in [0.15, 0.2) is 0 Å². The number of piperidine rings is 1. The van der Waals surface area contributed by atoms with E-state index in [1.54, 1.807) is 0 Å². The van der Waals surface area contributed by atoms with Crippen LogP contribution in [-0.2, 0) is 4.79 Å². The van der Waals surface area contributed by atoms with Gasteiger partial charge in [-0.15, -0.1) is 0 Å². The Balaban J connectivity index is 2.62. The zero-order chi connectivity index (χ0) is 8.43. The number of amides is 1. The highest BCUT2D eigenvalue weighted by Gasteiger charge is 2.30. The van der Waals surface area contributed by atoms with Gasteiger partial charge in [0.1, 0.15) is 6.54 Å². The lowest BCUT2D eigenvalue weighted by Crippen LogP contribution is -3.16. The molecule has 1 N–H and O–H groups in total. The first-order valence-electron chi connectivity index (χ1n) is 4.05. The number of hydrogen-bond acceptors (Lipinski definition) is 2. The number of rotatable bonds is 1. The summed E-state index contributed by atoms with van der Waals surface area (Å²) in [7, 11) is 0. The normalized spacial score (nSPS) is 32.5. The summed E-state index contributed by atoms with van der Waals surface area (Å²) in [5.74, 6) is 0.654. The molecule has 0 radical (unpaired) electrons. The maximum Gasteiger partial charge on any atom is 0.312 e. The summed E-state index contributed by atoms with van der Waals surface area (Å²) in [4.78, 5) is 13.4. The quantitative estimate of drug-likeness (QED) is 0.554. The van der Waals surface area contributed by atoms with E-state index in [0.717, 1.165) is 22.9 Å². The van der Waals surface area contributed by atoms with Crippen LogP contribution in [0.4, 0.5) is 0 Å². The molecule has 1 amide bonds. The lowest BCUT2D eigenvalue weighted by molar-refractivity contribution is -0.810. The van der Waals surface area contributed by atoms with Crippen LogP contribution >= 0.6 is 12.2 Å². The lowest BCUT2D eigenvalue weighted by atomic mass is 9.98. The minimum absolute atomic E-state index is 0.327. The Kier molecular flexibility index (Phi) is 2.73. The van der Waals surface area contributed by atoms with Gasteiger partial charge >= 0.3 is 5.91 Å². The summed E-state index contributed by atoms with van der Waals surface area (Å²) in [5.41, 5.74) is 0. The van der Waals surface area contributed by atoms with Crippen LogP contribution in [0.2, 0.25) is 0 Å². The highest BCUT2D eigenvalue weighted by Crippen LogP contribution is 2.06. The van der Waals surface area contributed by atoms with Crippen molar-refractivity contribution in [3.63, 3.8) is 0 Å². The van der Waals surface area contributed by atoms with Crippen LogP contribution in [0, 0.1) is 5.92 Å². The summed E-state index contributed by atoms with van der Waals surface area (Å²) in [6.45, 7) is 5.69. The second-order valence-corrected chi connectivity index (χ2v) is 3.65. The molecule has 1 aliphatic heterocycles. The topological polar surface area (TPSA) is 21.5 Å². The van der Waals surface area contributed by atoms with E-state index in [2.05, 4.69) is 0 Å². The standard InChI is InChI=1S/C8H13NOS/c1-3-9-5-7(11)6(2)4-8(9)10/h6H,3-5H2,1-2H3/p+1. The highest BCUT2D eigenvalue weighted by molar-refractivity contribution is 7.80. The third-order valence-electron chi connectivity index (χ3n) is 2.25. The summed E-state index contributed by atoms with van der Waals surface area (Å²) < 4.78 is 0. The molecule has 0 aromatic carbocycles. The number of thiocarbonyl (C=S) groups is 1. The molecule has 0 spiro atoms.